The Hall–Kier alpha value is -3.18. The number of hydrogen-bond donors (Lipinski definition) is 0. The van der Waals surface area contributed by atoms with E-state index in [0.717, 1.165) is 32.6 Å². The predicted octanol–water partition coefficient (Wildman–Crippen LogP) is 5.44. The second kappa shape index (κ2) is 9.09. The van der Waals surface area contributed by atoms with Crippen LogP contribution in [0.15, 0.2) is 90.0 Å². The Bertz CT molecular complexity index is 1150. The van der Waals surface area contributed by atoms with Crippen LogP contribution in [-0.2, 0) is 11.3 Å². The van der Waals surface area contributed by atoms with Gasteiger partial charge in [-0.1, -0.05) is 96.7 Å². The van der Waals surface area contributed by atoms with Gasteiger partial charge in [0.25, 0.3) is 0 Å². The summed E-state index contributed by atoms with van der Waals surface area (Å²) < 4.78 is 0. The first-order valence-corrected chi connectivity index (χ1v) is 10.8. The molecule has 0 fully saturated rings. The van der Waals surface area contributed by atoms with Crippen LogP contribution in [0.4, 0.5) is 0 Å². The monoisotopic (exact) mass is 413 g/mol. The van der Waals surface area contributed by atoms with Gasteiger partial charge in [0.05, 0.1) is 5.25 Å². The Morgan fingerprint density at radius 2 is 1.47 bits per heavy atom. The van der Waals surface area contributed by atoms with E-state index in [1.165, 1.54) is 11.8 Å². The molecule has 4 rings (SSSR count). The van der Waals surface area contributed by atoms with Crippen LogP contribution in [0.3, 0.4) is 0 Å². The van der Waals surface area contributed by atoms with Gasteiger partial charge < -0.3 is 4.90 Å². The van der Waals surface area contributed by atoms with Crippen molar-refractivity contribution in [2.45, 2.75) is 23.7 Å². The zero-order valence-corrected chi connectivity index (χ0v) is 17.8. The average Bonchev–Trinajstić information content (AvgIpc) is 2.80. The first-order chi connectivity index (χ1) is 14.6. The lowest BCUT2D eigenvalue weighted by Gasteiger charge is -2.21. The fourth-order valence-corrected chi connectivity index (χ4v) is 4.45. The summed E-state index contributed by atoms with van der Waals surface area (Å²) in [5.74, 6) is 0.0712. The molecule has 4 aromatic rings. The number of benzene rings is 3. The van der Waals surface area contributed by atoms with Gasteiger partial charge in [0.1, 0.15) is 10.7 Å². The van der Waals surface area contributed by atoms with Gasteiger partial charge in [-0.25, -0.2) is 0 Å². The minimum Gasteiger partial charge on any atom is -0.340 e. The summed E-state index contributed by atoms with van der Waals surface area (Å²) in [6.07, 6.45) is 0. The molecule has 5 heteroatoms. The molecule has 0 aliphatic heterocycles. The Balaban J connectivity index is 1.57. The molecule has 4 nitrogen and oxygen atoms in total. The van der Waals surface area contributed by atoms with Gasteiger partial charge >= 0.3 is 0 Å². The van der Waals surface area contributed by atoms with Gasteiger partial charge in [-0.05, 0) is 12.5 Å². The van der Waals surface area contributed by atoms with E-state index in [0.29, 0.717) is 6.54 Å². The third-order valence-electron chi connectivity index (χ3n) is 4.98. The van der Waals surface area contributed by atoms with E-state index in [-0.39, 0.29) is 11.2 Å². The maximum Gasteiger partial charge on any atom is 0.235 e. The number of carbonyl (C=O) groups is 1. The molecule has 0 spiro atoms. The number of amides is 1. The van der Waals surface area contributed by atoms with Crippen molar-refractivity contribution < 1.29 is 4.79 Å². The summed E-state index contributed by atoms with van der Waals surface area (Å²) in [6, 6.07) is 28.2. The normalized spacial score (nSPS) is 11.9. The Kier molecular flexibility index (Phi) is 6.10. The van der Waals surface area contributed by atoms with Crippen molar-refractivity contribution in [3.05, 3.63) is 90.5 Å². The zero-order chi connectivity index (χ0) is 20.9. The zero-order valence-electron chi connectivity index (χ0n) is 17.0. The molecule has 1 atom stereocenters. The molecule has 0 aliphatic rings. The number of hydrogen-bond acceptors (Lipinski definition) is 4. The van der Waals surface area contributed by atoms with Crippen LogP contribution in [0.1, 0.15) is 12.5 Å². The lowest BCUT2D eigenvalue weighted by Crippen LogP contribution is -2.32. The van der Waals surface area contributed by atoms with Crippen molar-refractivity contribution in [2.24, 2.45) is 0 Å². The number of fused-ring (bicyclic) bond motifs is 1. The van der Waals surface area contributed by atoms with Gasteiger partial charge in [0.2, 0.25) is 5.91 Å². The molecule has 1 unspecified atom stereocenters. The molecule has 1 aromatic heterocycles. The summed E-state index contributed by atoms with van der Waals surface area (Å²) >= 11 is 1.46. The van der Waals surface area contributed by atoms with Crippen LogP contribution < -0.4 is 0 Å². The number of rotatable bonds is 6. The molecule has 0 radical (unpaired) electrons. The van der Waals surface area contributed by atoms with Crippen LogP contribution in [0.25, 0.3) is 22.0 Å². The molecule has 0 saturated heterocycles. The van der Waals surface area contributed by atoms with Crippen LogP contribution in [0, 0.1) is 0 Å². The minimum absolute atomic E-state index is 0.0712. The first-order valence-electron chi connectivity index (χ1n) is 9.90. The van der Waals surface area contributed by atoms with E-state index >= 15 is 0 Å². The van der Waals surface area contributed by atoms with Crippen molar-refractivity contribution in [3.63, 3.8) is 0 Å². The molecule has 1 heterocycles. The molecule has 1 amide bonds. The summed E-state index contributed by atoms with van der Waals surface area (Å²) in [7, 11) is 1.84. The molecule has 0 saturated carbocycles. The number of aromatic nitrogens is 2. The van der Waals surface area contributed by atoms with E-state index in [1.54, 1.807) is 4.90 Å². The molecular weight excluding hydrogens is 390 g/mol. The van der Waals surface area contributed by atoms with E-state index in [9.17, 15) is 4.79 Å². The standard InChI is InChI=1S/C25H23N3OS/c1-18(25(29)28(2)17-19-11-5-3-6-12-19)30-24-22-16-10-9-15-21(22)23(26-27-24)20-13-7-4-8-14-20/h3-16,18H,17H2,1-2H3. The van der Waals surface area contributed by atoms with Gasteiger partial charge in [-0.15, -0.1) is 10.2 Å². The van der Waals surface area contributed by atoms with Crippen molar-refractivity contribution in [1.29, 1.82) is 0 Å². The summed E-state index contributed by atoms with van der Waals surface area (Å²) in [4.78, 5) is 14.7. The topological polar surface area (TPSA) is 46.1 Å². The Morgan fingerprint density at radius 3 is 2.17 bits per heavy atom. The Labute approximate surface area is 181 Å². The van der Waals surface area contributed by atoms with Gasteiger partial charge in [0, 0.05) is 29.9 Å². The molecule has 0 bridgehead atoms. The largest absolute Gasteiger partial charge is 0.340 e. The second-order valence-electron chi connectivity index (χ2n) is 7.21. The smallest absolute Gasteiger partial charge is 0.235 e. The molecule has 30 heavy (non-hydrogen) atoms. The van der Waals surface area contributed by atoms with Crippen molar-refractivity contribution >= 4 is 28.4 Å². The van der Waals surface area contributed by atoms with Gasteiger partial charge in [-0.2, -0.15) is 0 Å². The number of thioether (sulfide) groups is 1. The maximum absolute atomic E-state index is 12.9. The van der Waals surface area contributed by atoms with Crippen LogP contribution >= 0.6 is 11.8 Å². The minimum atomic E-state index is -0.265. The van der Waals surface area contributed by atoms with Gasteiger partial charge in [-0.3, -0.25) is 4.79 Å². The molecular formula is C25H23N3OS. The highest BCUT2D eigenvalue weighted by atomic mass is 32.2. The summed E-state index contributed by atoms with van der Waals surface area (Å²) in [5.41, 5.74) is 3.00. The third kappa shape index (κ3) is 4.36. The van der Waals surface area contributed by atoms with E-state index in [2.05, 4.69) is 16.3 Å². The SMILES string of the molecule is CC(Sc1nnc(-c2ccccc2)c2ccccc12)C(=O)N(C)Cc1ccccc1. The van der Waals surface area contributed by atoms with Crippen molar-refractivity contribution in [2.75, 3.05) is 7.05 Å². The lowest BCUT2D eigenvalue weighted by molar-refractivity contribution is -0.129. The van der Waals surface area contributed by atoms with Crippen LogP contribution in [0.5, 0.6) is 0 Å². The highest BCUT2D eigenvalue weighted by Gasteiger charge is 2.21. The second-order valence-corrected chi connectivity index (χ2v) is 8.53. The quantitative estimate of drug-likeness (QED) is 0.395. The molecule has 0 N–H and O–H groups in total. The van der Waals surface area contributed by atoms with E-state index in [4.69, 9.17) is 0 Å². The summed E-state index contributed by atoms with van der Waals surface area (Å²) in [5, 5.41) is 11.6. The fourth-order valence-electron chi connectivity index (χ4n) is 3.44. The first kappa shape index (κ1) is 20.1. The molecule has 3 aromatic carbocycles. The highest BCUT2D eigenvalue weighted by Crippen LogP contribution is 2.33. The van der Waals surface area contributed by atoms with Crippen molar-refractivity contribution in [3.8, 4) is 11.3 Å². The predicted molar refractivity (Wildman–Crippen MR) is 123 cm³/mol. The van der Waals surface area contributed by atoms with E-state index < -0.39 is 0 Å². The van der Waals surface area contributed by atoms with Crippen molar-refractivity contribution in [1.82, 2.24) is 15.1 Å². The lowest BCUT2D eigenvalue weighted by atomic mass is 10.1. The summed E-state index contributed by atoms with van der Waals surface area (Å²) in [6.45, 7) is 2.51. The highest BCUT2D eigenvalue weighted by molar-refractivity contribution is 8.00. The van der Waals surface area contributed by atoms with Crippen LogP contribution in [0.2, 0.25) is 0 Å². The molecule has 150 valence electrons. The molecule has 0 aliphatic carbocycles. The van der Waals surface area contributed by atoms with Crippen LogP contribution in [-0.4, -0.2) is 33.3 Å². The fraction of sp³-hybridized carbons (Fsp3) is 0.160. The maximum atomic E-state index is 12.9. The number of carbonyl (C=O) groups excluding carboxylic acids is 1. The van der Waals surface area contributed by atoms with Gasteiger partial charge in [0.15, 0.2) is 0 Å². The average molecular weight is 414 g/mol. The number of nitrogens with zero attached hydrogens (tertiary/aromatic N) is 3. The van der Waals surface area contributed by atoms with E-state index in [1.807, 2.05) is 92.8 Å². The Morgan fingerprint density at radius 1 is 0.867 bits per heavy atom. The third-order valence-corrected chi connectivity index (χ3v) is 6.06.